The number of aliphatic imine (C=N–C) groups is 1. The lowest BCUT2D eigenvalue weighted by atomic mass is 10.0. The molecule has 0 fully saturated rings. The van der Waals surface area contributed by atoms with E-state index in [0.717, 1.165) is 40.5 Å². The first-order valence-electron chi connectivity index (χ1n) is 15.7. The number of rotatable bonds is 11. The fourth-order valence-electron chi connectivity index (χ4n) is 5.43. The van der Waals surface area contributed by atoms with Crippen LogP contribution in [0.15, 0.2) is 120 Å². The van der Waals surface area contributed by atoms with Crippen molar-refractivity contribution in [2.45, 2.75) is 26.1 Å². The van der Waals surface area contributed by atoms with Crippen LogP contribution in [0.3, 0.4) is 0 Å². The van der Waals surface area contributed by atoms with Crippen LogP contribution in [0.2, 0.25) is 0 Å². The van der Waals surface area contributed by atoms with Gasteiger partial charge in [0.2, 0.25) is 11.8 Å². The molecule has 0 radical (unpaired) electrons. The second kappa shape index (κ2) is 14.9. The van der Waals surface area contributed by atoms with Crippen molar-refractivity contribution < 1.29 is 33.1 Å². The highest BCUT2D eigenvalue weighted by molar-refractivity contribution is 5.97. The summed E-state index contributed by atoms with van der Waals surface area (Å²) in [4.78, 5) is 48.9. The number of hydrogen-bond acceptors (Lipinski definition) is 6. The third-order valence-electron chi connectivity index (χ3n) is 8.09. The molecule has 6 rings (SSSR count). The third kappa shape index (κ3) is 8.26. The molecule has 1 unspecified atom stereocenters. The number of benzene rings is 5. The van der Waals surface area contributed by atoms with Crippen molar-refractivity contribution in [3.8, 4) is 11.1 Å². The molecule has 0 aromatic heterocycles. The summed E-state index contributed by atoms with van der Waals surface area (Å²) in [6.07, 6.45) is -0.838. The van der Waals surface area contributed by atoms with Gasteiger partial charge in [-0.1, -0.05) is 66.2 Å². The molecule has 3 N–H and O–H groups in total. The van der Waals surface area contributed by atoms with Gasteiger partial charge in [-0.15, -0.1) is 5.48 Å². The summed E-state index contributed by atoms with van der Waals surface area (Å²) in [7, 11) is 0. The number of hydrogen-bond donors (Lipinski definition) is 3. The molecule has 1 aliphatic rings. The van der Waals surface area contributed by atoms with Gasteiger partial charge < -0.3 is 20.2 Å². The number of aryl methyl sites for hydroxylation is 1. The van der Waals surface area contributed by atoms with Crippen LogP contribution < -0.4 is 10.8 Å². The minimum Gasteiger partial charge on any atom is -0.480 e. The Morgan fingerprint density at radius 3 is 2.14 bits per heavy atom. The van der Waals surface area contributed by atoms with Crippen molar-refractivity contribution >= 4 is 29.4 Å². The van der Waals surface area contributed by atoms with Crippen molar-refractivity contribution in [1.29, 1.82) is 0 Å². The first-order valence-corrected chi connectivity index (χ1v) is 15.7. The van der Waals surface area contributed by atoms with E-state index in [1.807, 2.05) is 36.4 Å². The van der Waals surface area contributed by atoms with E-state index in [1.165, 1.54) is 34.7 Å². The van der Waals surface area contributed by atoms with Crippen LogP contribution in [0, 0.1) is 18.6 Å². The van der Waals surface area contributed by atoms with Gasteiger partial charge in [0.05, 0.1) is 6.42 Å². The van der Waals surface area contributed by atoms with Crippen molar-refractivity contribution in [2.75, 3.05) is 11.9 Å². The summed E-state index contributed by atoms with van der Waals surface area (Å²) in [6, 6.07) is 32.3. The Labute approximate surface area is 286 Å². The first-order chi connectivity index (χ1) is 24.1. The smallest absolute Gasteiger partial charge is 0.323 e. The van der Waals surface area contributed by atoms with E-state index in [1.54, 1.807) is 12.1 Å². The van der Waals surface area contributed by atoms with E-state index < -0.39 is 42.1 Å². The zero-order valence-electron chi connectivity index (χ0n) is 26.9. The number of nitrogens with zero attached hydrogens (tertiary/aromatic N) is 2. The molecule has 1 atom stereocenters. The van der Waals surface area contributed by atoms with Gasteiger partial charge >= 0.3 is 5.97 Å². The molecule has 5 aromatic rings. The van der Waals surface area contributed by atoms with E-state index >= 15 is 0 Å². The highest BCUT2D eigenvalue weighted by Gasteiger charge is 2.23. The molecule has 0 aliphatic carbocycles. The molecule has 1 aliphatic heterocycles. The minimum atomic E-state index is -1.18. The molecular formula is C39H32F2N4O5. The van der Waals surface area contributed by atoms with Gasteiger partial charge in [0.15, 0.2) is 6.17 Å². The Kier molecular flexibility index (Phi) is 10.1. The minimum absolute atomic E-state index is 0.0273. The number of carbonyl (C=O) groups is 3. The van der Waals surface area contributed by atoms with Gasteiger partial charge in [-0.3, -0.25) is 14.4 Å². The van der Waals surface area contributed by atoms with Gasteiger partial charge in [0.1, 0.15) is 18.2 Å². The molecule has 1 heterocycles. The Balaban J connectivity index is 1.07. The third-order valence-corrected chi connectivity index (χ3v) is 8.09. The SMILES string of the molecule is Cc1ccc(-c2ccc(C3=NC(c4ccc(CN(CC(=O)O)C(=O)c5ccc(NC(=O)Cc6cc(F)ccc6F)cc5)cc4)NO3)cc2)cc1. The van der Waals surface area contributed by atoms with E-state index in [-0.39, 0.29) is 24.1 Å². The average molecular weight is 675 g/mol. The average Bonchev–Trinajstić information content (AvgIpc) is 3.61. The second-order valence-electron chi connectivity index (χ2n) is 11.8. The van der Waals surface area contributed by atoms with Gasteiger partial charge in [-0.2, -0.15) is 0 Å². The Morgan fingerprint density at radius 1 is 0.840 bits per heavy atom. The lowest BCUT2D eigenvalue weighted by molar-refractivity contribution is -0.137. The second-order valence-corrected chi connectivity index (χ2v) is 11.8. The predicted octanol–water partition coefficient (Wildman–Crippen LogP) is 6.83. The van der Waals surface area contributed by atoms with E-state index in [2.05, 4.69) is 47.0 Å². The van der Waals surface area contributed by atoms with Gasteiger partial charge in [0, 0.05) is 28.9 Å². The zero-order valence-corrected chi connectivity index (χ0v) is 26.9. The number of amides is 2. The molecule has 0 saturated carbocycles. The number of aliphatic carboxylic acids is 1. The fraction of sp³-hybridized carbons (Fsp3) is 0.128. The van der Waals surface area contributed by atoms with Gasteiger partial charge in [-0.25, -0.2) is 13.8 Å². The van der Waals surface area contributed by atoms with Crippen LogP contribution >= 0.6 is 0 Å². The quantitative estimate of drug-likeness (QED) is 0.141. The van der Waals surface area contributed by atoms with Crippen LogP contribution in [-0.2, 0) is 27.4 Å². The lowest BCUT2D eigenvalue weighted by Gasteiger charge is -2.21. The monoisotopic (exact) mass is 674 g/mol. The van der Waals surface area contributed by atoms with Crippen molar-refractivity contribution in [2.24, 2.45) is 4.99 Å². The Morgan fingerprint density at radius 2 is 1.48 bits per heavy atom. The molecule has 0 bridgehead atoms. The largest absolute Gasteiger partial charge is 0.480 e. The number of anilines is 1. The van der Waals surface area contributed by atoms with Crippen molar-refractivity contribution in [3.63, 3.8) is 0 Å². The Bertz CT molecular complexity index is 2050. The maximum absolute atomic E-state index is 13.9. The molecule has 9 nitrogen and oxygen atoms in total. The normalized spacial score (nSPS) is 13.7. The van der Waals surface area contributed by atoms with Crippen LogP contribution in [-0.4, -0.2) is 40.2 Å². The maximum atomic E-state index is 13.9. The summed E-state index contributed by atoms with van der Waals surface area (Å²) >= 11 is 0. The topological polar surface area (TPSA) is 120 Å². The van der Waals surface area contributed by atoms with Crippen LogP contribution in [0.25, 0.3) is 11.1 Å². The molecule has 5 aromatic carbocycles. The molecular weight excluding hydrogens is 642 g/mol. The fourth-order valence-corrected chi connectivity index (χ4v) is 5.43. The summed E-state index contributed by atoms with van der Waals surface area (Å²) in [5.41, 5.74) is 9.12. The molecule has 252 valence electrons. The highest BCUT2D eigenvalue weighted by atomic mass is 19.1. The van der Waals surface area contributed by atoms with Gasteiger partial charge in [0.25, 0.3) is 5.91 Å². The lowest BCUT2D eigenvalue weighted by Crippen LogP contribution is -2.35. The van der Waals surface area contributed by atoms with Crippen molar-refractivity contribution in [3.05, 3.63) is 160 Å². The predicted molar refractivity (Wildman–Crippen MR) is 184 cm³/mol. The highest BCUT2D eigenvalue weighted by Crippen LogP contribution is 2.25. The molecule has 11 heteroatoms. The summed E-state index contributed by atoms with van der Waals surface area (Å²) < 4.78 is 27.4. The van der Waals surface area contributed by atoms with Crippen molar-refractivity contribution in [1.82, 2.24) is 10.4 Å². The zero-order chi connectivity index (χ0) is 35.2. The first kappa shape index (κ1) is 33.7. The number of carboxylic acid groups (broad SMARTS) is 1. The molecule has 0 saturated heterocycles. The Hall–Kier alpha value is -6.20. The molecule has 0 spiro atoms. The maximum Gasteiger partial charge on any atom is 0.323 e. The number of hydroxylamine groups is 1. The number of halogens is 2. The number of carboxylic acids is 1. The van der Waals surface area contributed by atoms with Crippen LogP contribution in [0.1, 0.15) is 44.3 Å². The van der Waals surface area contributed by atoms with E-state index in [0.29, 0.717) is 17.1 Å². The molecule has 50 heavy (non-hydrogen) atoms. The van der Waals surface area contributed by atoms with Crippen LogP contribution in [0.4, 0.5) is 14.5 Å². The van der Waals surface area contributed by atoms with E-state index in [4.69, 9.17) is 4.84 Å². The van der Waals surface area contributed by atoms with Gasteiger partial charge in [-0.05, 0) is 83.8 Å². The van der Waals surface area contributed by atoms with Crippen LogP contribution in [0.5, 0.6) is 0 Å². The summed E-state index contributed by atoms with van der Waals surface area (Å²) in [5.74, 6) is -3.16. The number of carbonyl (C=O) groups excluding carboxylic acids is 2. The summed E-state index contributed by atoms with van der Waals surface area (Å²) in [5, 5.41) is 12.1. The molecule has 2 amide bonds. The van der Waals surface area contributed by atoms with E-state index in [9.17, 15) is 28.3 Å². The standard InChI is InChI=1S/C39H32F2N4O5/c1-24-2-6-26(7-3-24)27-10-12-29(13-11-27)38-43-37(44-50-38)28-8-4-25(5-9-28)22-45(23-36(47)48)39(49)30-14-17-33(18-15-30)42-35(46)21-31-20-32(40)16-19-34(31)41/h2-20,37,44H,21-23H2,1H3,(H,42,46)(H,47,48). The number of nitrogens with one attached hydrogen (secondary N) is 2. The summed E-state index contributed by atoms with van der Waals surface area (Å²) in [6.45, 7) is 1.54.